The highest BCUT2D eigenvalue weighted by molar-refractivity contribution is 6.67. The van der Waals surface area contributed by atoms with E-state index in [1.165, 1.54) is 0 Å². The Morgan fingerprint density at radius 3 is 2.78 bits per heavy atom. The lowest BCUT2D eigenvalue weighted by molar-refractivity contribution is 0.312. The molecule has 0 amide bonds. The number of pyridine rings is 1. The van der Waals surface area contributed by atoms with E-state index in [4.69, 9.17) is 4.98 Å². The summed E-state index contributed by atoms with van der Waals surface area (Å²) in [7, 11) is 2.17. The van der Waals surface area contributed by atoms with Gasteiger partial charge in [-0.25, -0.2) is 4.98 Å². The van der Waals surface area contributed by atoms with Crippen LogP contribution in [-0.2, 0) is 0 Å². The number of rotatable bonds is 1. The number of likely N-dealkylation sites (N-methyl/N-ethyl adjacent to an activating group) is 1. The first-order valence-electron chi connectivity index (χ1n) is 6.61. The van der Waals surface area contributed by atoms with Crippen molar-refractivity contribution in [1.82, 2.24) is 9.88 Å². The lowest BCUT2D eigenvalue weighted by atomic mass is 9.63. The number of aromatic nitrogens is 1. The molecule has 0 unspecified atom stereocenters. The standard InChI is InChI=1S/C13H19BN4/c1-14-6-5-11-12(16-14)3-4-13(15-11)18-9-7-17(2)8-10-18/h3-6,16H,7-10H2,1-2H3. The van der Waals surface area contributed by atoms with Crippen LogP contribution in [0.3, 0.4) is 0 Å². The Kier molecular flexibility index (Phi) is 3.00. The molecule has 1 fully saturated rings. The van der Waals surface area contributed by atoms with Gasteiger partial charge in [-0.15, -0.1) is 0 Å². The highest BCUT2D eigenvalue weighted by atomic mass is 15.3. The molecule has 3 heterocycles. The lowest BCUT2D eigenvalue weighted by Gasteiger charge is -2.33. The molecule has 0 spiro atoms. The van der Waals surface area contributed by atoms with Crippen LogP contribution in [-0.4, -0.2) is 50.0 Å². The molecule has 0 aromatic carbocycles. The SMILES string of the molecule is CB1C=Cc2nc(N3CCN(C)CC3)ccc2N1. The summed E-state index contributed by atoms with van der Waals surface area (Å²) in [6, 6.07) is 4.28. The Balaban J connectivity index is 1.81. The molecule has 5 heteroatoms. The van der Waals surface area contributed by atoms with E-state index in [1.807, 2.05) is 0 Å². The zero-order valence-electron chi connectivity index (χ0n) is 11.1. The van der Waals surface area contributed by atoms with Crippen LogP contribution in [0.1, 0.15) is 5.69 Å². The van der Waals surface area contributed by atoms with Crippen LogP contribution >= 0.6 is 0 Å². The molecule has 0 radical (unpaired) electrons. The summed E-state index contributed by atoms with van der Waals surface area (Å²) in [6.45, 7) is 6.90. The van der Waals surface area contributed by atoms with Gasteiger partial charge in [-0.05, 0) is 25.3 Å². The van der Waals surface area contributed by atoms with E-state index in [0.717, 1.165) is 43.4 Å². The van der Waals surface area contributed by atoms with Crippen LogP contribution in [0.5, 0.6) is 0 Å². The van der Waals surface area contributed by atoms with E-state index in [0.29, 0.717) is 6.85 Å². The maximum absolute atomic E-state index is 4.75. The van der Waals surface area contributed by atoms with Crippen molar-refractivity contribution in [3.05, 3.63) is 23.8 Å². The molecule has 1 saturated heterocycles. The Labute approximate surface area is 109 Å². The molecule has 94 valence electrons. The lowest BCUT2D eigenvalue weighted by Crippen LogP contribution is -2.44. The van der Waals surface area contributed by atoms with Gasteiger partial charge in [0, 0.05) is 31.9 Å². The van der Waals surface area contributed by atoms with E-state index in [-0.39, 0.29) is 0 Å². The number of piperazine rings is 1. The third-order valence-electron chi connectivity index (χ3n) is 3.66. The average molecular weight is 242 g/mol. The molecule has 1 N–H and O–H groups in total. The van der Waals surface area contributed by atoms with Gasteiger partial charge in [0.15, 0.2) is 0 Å². The van der Waals surface area contributed by atoms with Crippen molar-refractivity contribution in [2.75, 3.05) is 43.4 Å². The van der Waals surface area contributed by atoms with Gasteiger partial charge in [0.25, 0.3) is 6.85 Å². The Morgan fingerprint density at radius 2 is 2.00 bits per heavy atom. The predicted molar refractivity (Wildman–Crippen MR) is 78.2 cm³/mol. The monoisotopic (exact) mass is 242 g/mol. The van der Waals surface area contributed by atoms with Gasteiger partial charge in [0.05, 0.1) is 5.69 Å². The Morgan fingerprint density at radius 1 is 1.22 bits per heavy atom. The minimum absolute atomic E-state index is 0.397. The van der Waals surface area contributed by atoms with Crippen LogP contribution in [0, 0.1) is 0 Å². The minimum Gasteiger partial charge on any atom is -0.423 e. The van der Waals surface area contributed by atoms with Crippen LogP contribution in [0.2, 0.25) is 6.82 Å². The van der Waals surface area contributed by atoms with Crippen molar-refractivity contribution in [1.29, 1.82) is 0 Å². The number of nitrogens with zero attached hydrogens (tertiary/aromatic N) is 3. The van der Waals surface area contributed by atoms with Crippen LogP contribution in [0.4, 0.5) is 11.5 Å². The third kappa shape index (κ3) is 2.23. The summed E-state index contributed by atoms with van der Waals surface area (Å²) in [5.41, 5.74) is 2.20. The molecular formula is C13H19BN4. The van der Waals surface area contributed by atoms with E-state index < -0.39 is 0 Å². The minimum atomic E-state index is 0.397. The first kappa shape index (κ1) is 11.6. The van der Waals surface area contributed by atoms with Crippen molar-refractivity contribution in [3.8, 4) is 0 Å². The van der Waals surface area contributed by atoms with Crippen LogP contribution in [0.25, 0.3) is 6.08 Å². The van der Waals surface area contributed by atoms with Gasteiger partial charge in [-0.2, -0.15) is 0 Å². The normalized spacial score (nSPS) is 19.7. The molecule has 4 nitrogen and oxygen atoms in total. The molecule has 3 rings (SSSR count). The van der Waals surface area contributed by atoms with E-state index in [2.05, 4.69) is 53.1 Å². The largest absolute Gasteiger partial charge is 0.423 e. The fourth-order valence-electron chi connectivity index (χ4n) is 2.45. The maximum Gasteiger partial charge on any atom is 0.275 e. The van der Waals surface area contributed by atoms with Crippen molar-refractivity contribution >= 4 is 24.4 Å². The first-order chi connectivity index (χ1) is 8.72. The van der Waals surface area contributed by atoms with E-state index >= 15 is 0 Å². The first-order valence-corrected chi connectivity index (χ1v) is 6.61. The summed E-state index contributed by atoms with van der Waals surface area (Å²) in [5, 5.41) is 3.42. The summed E-state index contributed by atoms with van der Waals surface area (Å²) in [5.74, 6) is 3.26. The van der Waals surface area contributed by atoms with Gasteiger partial charge >= 0.3 is 0 Å². The average Bonchev–Trinajstić information content (AvgIpc) is 2.39. The Hall–Kier alpha value is -1.49. The van der Waals surface area contributed by atoms with Gasteiger partial charge in [-0.1, -0.05) is 12.8 Å². The second-order valence-corrected chi connectivity index (χ2v) is 5.18. The number of hydrogen-bond donors (Lipinski definition) is 1. The van der Waals surface area contributed by atoms with Crippen LogP contribution in [0.15, 0.2) is 18.1 Å². The molecule has 0 atom stereocenters. The highest BCUT2D eigenvalue weighted by Crippen LogP contribution is 2.24. The fourth-order valence-corrected chi connectivity index (χ4v) is 2.45. The van der Waals surface area contributed by atoms with Gasteiger partial charge in [0.2, 0.25) is 0 Å². The summed E-state index contributed by atoms with van der Waals surface area (Å²) in [4.78, 5) is 9.48. The molecule has 0 aliphatic carbocycles. The predicted octanol–water partition coefficient (Wildman–Crippen LogP) is 1.43. The summed E-state index contributed by atoms with van der Waals surface area (Å²) in [6.07, 6.45) is 2.12. The van der Waals surface area contributed by atoms with E-state index in [9.17, 15) is 0 Å². The van der Waals surface area contributed by atoms with Crippen molar-refractivity contribution in [2.24, 2.45) is 0 Å². The van der Waals surface area contributed by atoms with Crippen molar-refractivity contribution in [3.63, 3.8) is 0 Å². The third-order valence-corrected chi connectivity index (χ3v) is 3.66. The van der Waals surface area contributed by atoms with Crippen molar-refractivity contribution in [2.45, 2.75) is 6.82 Å². The Bertz CT molecular complexity index is 466. The molecule has 2 aliphatic heterocycles. The molecule has 18 heavy (non-hydrogen) atoms. The molecule has 0 bridgehead atoms. The zero-order valence-corrected chi connectivity index (χ0v) is 11.1. The van der Waals surface area contributed by atoms with Crippen LogP contribution < -0.4 is 10.1 Å². The smallest absolute Gasteiger partial charge is 0.275 e. The highest BCUT2D eigenvalue weighted by Gasteiger charge is 2.18. The van der Waals surface area contributed by atoms with Gasteiger partial charge in [0.1, 0.15) is 5.82 Å². The van der Waals surface area contributed by atoms with Gasteiger partial charge < -0.3 is 15.0 Å². The zero-order chi connectivity index (χ0) is 12.5. The number of anilines is 2. The topological polar surface area (TPSA) is 31.4 Å². The number of hydrogen-bond acceptors (Lipinski definition) is 4. The number of fused-ring (bicyclic) bond motifs is 1. The quantitative estimate of drug-likeness (QED) is 0.755. The second kappa shape index (κ2) is 4.65. The molecule has 0 saturated carbocycles. The molecule has 1 aromatic rings. The van der Waals surface area contributed by atoms with Gasteiger partial charge in [-0.3, -0.25) is 0 Å². The summed E-state index contributed by atoms with van der Waals surface area (Å²) >= 11 is 0. The maximum atomic E-state index is 4.75. The fraction of sp³-hybridized carbons (Fsp3) is 0.462. The molecule has 2 aliphatic rings. The summed E-state index contributed by atoms with van der Waals surface area (Å²) < 4.78 is 0. The molecular weight excluding hydrogens is 223 g/mol. The van der Waals surface area contributed by atoms with E-state index in [1.54, 1.807) is 0 Å². The van der Waals surface area contributed by atoms with Crippen molar-refractivity contribution < 1.29 is 0 Å². The molecule has 1 aromatic heterocycles. The number of nitrogens with one attached hydrogen (secondary N) is 1. The second-order valence-electron chi connectivity index (χ2n) is 5.18.